The minimum atomic E-state index is 0.477. The van der Waals surface area contributed by atoms with Crippen LogP contribution >= 0.6 is 11.8 Å². The molecule has 4 nitrogen and oxygen atoms in total. The third kappa shape index (κ3) is 2.46. The Labute approximate surface area is 121 Å². The largest absolute Gasteiger partial charge is 0.336 e. The minimum absolute atomic E-state index is 0.477. The van der Waals surface area contributed by atoms with E-state index in [1.165, 1.54) is 0 Å². The molecule has 5 heteroatoms. The van der Waals surface area contributed by atoms with Crippen LogP contribution < -0.4 is 0 Å². The lowest BCUT2D eigenvalue weighted by Gasteiger charge is -1.97. The van der Waals surface area contributed by atoms with Crippen molar-refractivity contribution in [2.24, 2.45) is 9.75 Å². The average molecular weight is 283 g/mol. The molecule has 1 N–H and O–H groups in total. The Morgan fingerprint density at radius 1 is 0.850 bits per heavy atom. The van der Waals surface area contributed by atoms with E-state index in [0.717, 1.165) is 22.6 Å². The monoisotopic (exact) mass is 282 g/mol. The molecular formula is C15H11ClN4. The van der Waals surface area contributed by atoms with E-state index in [1.807, 2.05) is 60.7 Å². The van der Waals surface area contributed by atoms with Gasteiger partial charge in [0.15, 0.2) is 0 Å². The van der Waals surface area contributed by atoms with Crippen molar-refractivity contribution in [3.63, 3.8) is 0 Å². The SMILES string of the molecule is Cl/N=N/c1nc(-c2ccccc2)[nH]c1-c1ccccc1. The van der Waals surface area contributed by atoms with E-state index < -0.39 is 0 Å². The van der Waals surface area contributed by atoms with Gasteiger partial charge in [-0.3, -0.25) is 0 Å². The summed E-state index contributed by atoms with van der Waals surface area (Å²) in [5.41, 5.74) is 2.77. The molecular weight excluding hydrogens is 272 g/mol. The summed E-state index contributed by atoms with van der Waals surface area (Å²) < 4.78 is 3.31. The number of aromatic nitrogens is 2. The van der Waals surface area contributed by atoms with Crippen molar-refractivity contribution in [1.29, 1.82) is 0 Å². The summed E-state index contributed by atoms with van der Waals surface area (Å²) in [7, 11) is 0. The fraction of sp³-hybridized carbons (Fsp3) is 0. The van der Waals surface area contributed by atoms with Gasteiger partial charge in [0, 0.05) is 11.1 Å². The Morgan fingerprint density at radius 2 is 1.45 bits per heavy atom. The van der Waals surface area contributed by atoms with Crippen molar-refractivity contribution in [2.45, 2.75) is 0 Å². The van der Waals surface area contributed by atoms with Crippen LogP contribution in [0.1, 0.15) is 0 Å². The second-order valence-corrected chi connectivity index (χ2v) is 4.34. The Kier molecular flexibility index (Phi) is 3.56. The molecule has 0 aliphatic rings. The van der Waals surface area contributed by atoms with E-state index in [2.05, 4.69) is 19.7 Å². The second kappa shape index (κ2) is 5.67. The Hall–Kier alpha value is -2.46. The topological polar surface area (TPSA) is 53.4 Å². The molecule has 2 aromatic carbocycles. The van der Waals surface area contributed by atoms with Crippen molar-refractivity contribution < 1.29 is 0 Å². The molecule has 0 saturated heterocycles. The number of hydrogen-bond donors (Lipinski definition) is 1. The summed E-state index contributed by atoms with van der Waals surface area (Å²) in [4.78, 5) is 7.72. The molecule has 0 aliphatic carbocycles. The standard InChI is InChI=1S/C15H11ClN4/c16-20-19-15-13(11-7-3-1-4-8-11)17-14(18-15)12-9-5-2-6-10-12/h1-10H,(H,17,18)/b20-19+. The molecule has 0 spiro atoms. The first-order valence-electron chi connectivity index (χ1n) is 6.11. The van der Waals surface area contributed by atoms with Crippen LogP contribution in [0.2, 0.25) is 0 Å². The summed E-state index contributed by atoms with van der Waals surface area (Å²) in [6.45, 7) is 0. The number of imidazole rings is 1. The molecule has 0 amide bonds. The molecule has 0 aliphatic heterocycles. The van der Waals surface area contributed by atoms with Crippen LogP contribution in [0.3, 0.4) is 0 Å². The van der Waals surface area contributed by atoms with Gasteiger partial charge in [0.2, 0.25) is 5.82 Å². The second-order valence-electron chi connectivity index (χ2n) is 4.19. The van der Waals surface area contributed by atoms with Gasteiger partial charge in [0.1, 0.15) is 5.82 Å². The predicted molar refractivity (Wildman–Crippen MR) is 79.8 cm³/mol. The highest BCUT2D eigenvalue weighted by Crippen LogP contribution is 2.31. The van der Waals surface area contributed by atoms with Gasteiger partial charge in [-0.2, -0.15) is 0 Å². The van der Waals surface area contributed by atoms with Gasteiger partial charge in [-0.15, -0.1) is 5.11 Å². The maximum absolute atomic E-state index is 5.36. The molecule has 1 heterocycles. The van der Waals surface area contributed by atoms with Gasteiger partial charge in [0.25, 0.3) is 0 Å². The number of benzene rings is 2. The van der Waals surface area contributed by atoms with Crippen LogP contribution in [0.5, 0.6) is 0 Å². The Morgan fingerprint density at radius 3 is 2.05 bits per heavy atom. The summed E-state index contributed by atoms with van der Waals surface area (Å²) in [5.74, 6) is 1.22. The van der Waals surface area contributed by atoms with Crippen LogP contribution in [-0.4, -0.2) is 9.97 Å². The number of halogens is 1. The maximum atomic E-state index is 5.36. The number of nitrogens with one attached hydrogen (secondary N) is 1. The molecule has 1 aromatic heterocycles. The van der Waals surface area contributed by atoms with E-state index in [4.69, 9.17) is 11.8 Å². The third-order valence-electron chi connectivity index (χ3n) is 2.93. The van der Waals surface area contributed by atoms with Crippen LogP contribution in [-0.2, 0) is 0 Å². The van der Waals surface area contributed by atoms with Gasteiger partial charge in [-0.1, -0.05) is 65.3 Å². The van der Waals surface area contributed by atoms with E-state index in [9.17, 15) is 0 Å². The van der Waals surface area contributed by atoms with Crippen molar-refractivity contribution >= 4 is 17.6 Å². The highest BCUT2D eigenvalue weighted by molar-refractivity contribution is 6.14. The summed E-state index contributed by atoms with van der Waals surface area (Å²) >= 11 is 5.36. The van der Waals surface area contributed by atoms with E-state index in [0.29, 0.717) is 5.82 Å². The zero-order valence-corrected chi connectivity index (χ0v) is 11.2. The van der Waals surface area contributed by atoms with Crippen molar-refractivity contribution in [1.82, 2.24) is 9.97 Å². The summed E-state index contributed by atoms with van der Waals surface area (Å²) in [6, 6.07) is 19.7. The van der Waals surface area contributed by atoms with E-state index in [-0.39, 0.29) is 0 Å². The smallest absolute Gasteiger partial charge is 0.201 e. The Bertz CT molecular complexity index is 720. The van der Waals surface area contributed by atoms with Crippen LogP contribution in [0.15, 0.2) is 70.4 Å². The fourth-order valence-corrected chi connectivity index (χ4v) is 2.08. The lowest BCUT2D eigenvalue weighted by molar-refractivity contribution is 1.24. The fourth-order valence-electron chi connectivity index (χ4n) is 2.01. The summed E-state index contributed by atoms with van der Waals surface area (Å²) in [6.07, 6.45) is 0. The molecule has 0 saturated carbocycles. The summed E-state index contributed by atoms with van der Waals surface area (Å²) in [5, 5.41) is 3.88. The van der Waals surface area contributed by atoms with Gasteiger partial charge in [-0.05, 0) is 0 Å². The van der Waals surface area contributed by atoms with Gasteiger partial charge in [0.05, 0.1) is 17.5 Å². The highest BCUT2D eigenvalue weighted by Gasteiger charge is 2.12. The number of rotatable bonds is 3. The molecule has 98 valence electrons. The van der Waals surface area contributed by atoms with Crippen LogP contribution in [0, 0.1) is 0 Å². The first kappa shape index (κ1) is 12.6. The molecule has 0 radical (unpaired) electrons. The zero-order chi connectivity index (χ0) is 13.8. The number of H-pyrrole nitrogens is 1. The number of hydrogen-bond acceptors (Lipinski definition) is 3. The maximum Gasteiger partial charge on any atom is 0.201 e. The highest BCUT2D eigenvalue weighted by atomic mass is 35.5. The average Bonchev–Trinajstić information content (AvgIpc) is 2.94. The Balaban J connectivity index is 2.13. The quantitative estimate of drug-likeness (QED) is 0.677. The predicted octanol–water partition coefficient (Wildman–Crippen LogP) is 4.98. The molecule has 3 rings (SSSR count). The molecule has 0 bridgehead atoms. The molecule has 3 aromatic rings. The number of nitrogens with zero attached hydrogens (tertiary/aromatic N) is 3. The van der Waals surface area contributed by atoms with E-state index >= 15 is 0 Å². The lowest BCUT2D eigenvalue weighted by Crippen LogP contribution is -1.80. The van der Waals surface area contributed by atoms with Crippen molar-refractivity contribution in [3.8, 4) is 22.6 Å². The van der Waals surface area contributed by atoms with Crippen molar-refractivity contribution in [3.05, 3.63) is 60.7 Å². The molecule has 0 atom stereocenters. The minimum Gasteiger partial charge on any atom is -0.336 e. The van der Waals surface area contributed by atoms with Gasteiger partial charge in [-0.25, -0.2) is 4.98 Å². The first-order chi connectivity index (χ1) is 9.88. The molecule has 20 heavy (non-hydrogen) atoms. The normalized spacial score (nSPS) is 11.1. The number of aromatic amines is 1. The van der Waals surface area contributed by atoms with Gasteiger partial charge < -0.3 is 4.98 Å². The zero-order valence-electron chi connectivity index (χ0n) is 10.5. The van der Waals surface area contributed by atoms with Crippen LogP contribution in [0.4, 0.5) is 5.82 Å². The third-order valence-corrected chi connectivity index (χ3v) is 3.00. The lowest BCUT2D eigenvalue weighted by atomic mass is 10.1. The van der Waals surface area contributed by atoms with E-state index in [1.54, 1.807) is 0 Å². The van der Waals surface area contributed by atoms with Crippen LogP contribution in [0.25, 0.3) is 22.6 Å². The van der Waals surface area contributed by atoms with Crippen molar-refractivity contribution in [2.75, 3.05) is 0 Å². The molecule has 0 unspecified atom stereocenters. The molecule has 0 fully saturated rings. The van der Waals surface area contributed by atoms with Gasteiger partial charge >= 0.3 is 0 Å². The first-order valence-corrected chi connectivity index (χ1v) is 6.45.